The van der Waals surface area contributed by atoms with E-state index in [0.717, 1.165) is 17.8 Å². The van der Waals surface area contributed by atoms with Gasteiger partial charge in [0.15, 0.2) is 0 Å². The normalized spacial score (nSPS) is 14.6. The third kappa shape index (κ3) is 4.91. The summed E-state index contributed by atoms with van der Waals surface area (Å²) >= 11 is 1.74. The van der Waals surface area contributed by atoms with Gasteiger partial charge in [-0.15, -0.1) is 36.2 Å². The standard InChI is InChI=1S/C12H19N3OS.2ClH/c1-8(6-13)12(16)14-7-11-15-9-4-2-3-5-10(9)17-11;;/h8H,2-7,13H2,1H3,(H,14,16);2*1H. The van der Waals surface area contributed by atoms with Crippen molar-refractivity contribution in [3.63, 3.8) is 0 Å². The second kappa shape index (κ2) is 8.74. The predicted molar refractivity (Wildman–Crippen MR) is 83.3 cm³/mol. The summed E-state index contributed by atoms with van der Waals surface area (Å²) in [5.41, 5.74) is 6.70. The molecule has 0 bridgehead atoms. The summed E-state index contributed by atoms with van der Waals surface area (Å²) in [6, 6.07) is 0. The lowest BCUT2D eigenvalue weighted by atomic mass is 10.0. The predicted octanol–water partition coefficient (Wildman–Crippen LogP) is 2.08. The number of rotatable bonds is 4. The third-order valence-corrected chi connectivity index (χ3v) is 4.26. The van der Waals surface area contributed by atoms with E-state index in [0.29, 0.717) is 13.1 Å². The Morgan fingerprint density at radius 2 is 2.11 bits per heavy atom. The van der Waals surface area contributed by atoms with Crippen LogP contribution in [0.1, 0.15) is 35.3 Å². The molecule has 0 spiro atoms. The van der Waals surface area contributed by atoms with Gasteiger partial charge in [0, 0.05) is 17.3 Å². The van der Waals surface area contributed by atoms with Crippen LogP contribution in [0.15, 0.2) is 0 Å². The Labute approximate surface area is 130 Å². The van der Waals surface area contributed by atoms with E-state index >= 15 is 0 Å². The minimum absolute atomic E-state index is 0. The molecular formula is C12H21Cl2N3OS. The Morgan fingerprint density at radius 1 is 1.42 bits per heavy atom. The zero-order valence-electron chi connectivity index (χ0n) is 11.0. The maximum Gasteiger partial charge on any atom is 0.224 e. The highest BCUT2D eigenvalue weighted by atomic mass is 35.5. The van der Waals surface area contributed by atoms with Crippen LogP contribution in [0.2, 0.25) is 0 Å². The van der Waals surface area contributed by atoms with Crippen molar-refractivity contribution in [3.8, 4) is 0 Å². The lowest BCUT2D eigenvalue weighted by molar-refractivity contribution is -0.124. The van der Waals surface area contributed by atoms with E-state index in [1.807, 2.05) is 6.92 Å². The molecule has 7 heteroatoms. The molecular weight excluding hydrogens is 305 g/mol. The number of carbonyl (C=O) groups excluding carboxylic acids is 1. The minimum Gasteiger partial charge on any atom is -0.349 e. The Kier molecular flexibility index (Phi) is 8.57. The molecule has 3 N–H and O–H groups in total. The summed E-state index contributed by atoms with van der Waals surface area (Å²) in [6.07, 6.45) is 4.76. The van der Waals surface area contributed by atoms with Gasteiger partial charge in [-0.2, -0.15) is 0 Å². The first-order valence-electron chi connectivity index (χ1n) is 6.16. The van der Waals surface area contributed by atoms with Crippen molar-refractivity contribution in [2.45, 2.75) is 39.2 Å². The SMILES string of the molecule is CC(CN)C(=O)NCc1nc2c(s1)CCCC2.Cl.Cl. The molecule has 1 aromatic heterocycles. The van der Waals surface area contributed by atoms with Gasteiger partial charge in [-0.25, -0.2) is 4.98 Å². The van der Waals surface area contributed by atoms with E-state index < -0.39 is 0 Å². The molecule has 1 atom stereocenters. The van der Waals surface area contributed by atoms with Crippen molar-refractivity contribution in [2.75, 3.05) is 6.54 Å². The largest absolute Gasteiger partial charge is 0.349 e. The van der Waals surface area contributed by atoms with Gasteiger partial charge in [0.05, 0.1) is 12.2 Å². The van der Waals surface area contributed by atoms with Crippen LogP contribution in [-0.2, 0) is 24.2 Å². The molecule has 4 nitrogen and oxygen atoms in total. The van der Waals surface area contributed by atoms with Gasteiger partial charge in [0.25, 0.3) is 0 Å². The van der Waals surface area contributed by atoms with Crippen LogP contribution in [0.25, 0.3) is 0 Å². The number of hydrogen-bond donors (Lipinski definition) is 2. The molecule has 19 heavy (non-hydrogen) atoms. The molecule has 1 aliphatic carbocycles. The monoisotopic (exact) mass is 325 g/mol. The number of aryl methyl sites for hydroxylation is 2. The molecule has 1 aromatic rings. The number of carbonyl (C=O) groups is 1. The van der Waals surface area contributed by atoms with Crippen molar-refractivity contribution < 1.29 is 4.79 Å². The Hall–Kier alpha value is -0.360. The zero-order chi connectivity index (χ0) is 12.3. The van der Waals surface area contributed by atoms with Gasteiger partial charge < -0.3 is 11.1 Å². The molecule has 0 saturated carbocycles. The van der Waals surface area contributed by atoms with Crippen molar-refractivity contribution in [1.82, 2.24) is 10.3 Å². The van der Waals surface area contributed by atoms with Crippen LogP contribution < -0.4 is 11.1 Å². The van der Waals surface area contributed by atoms with Crippen LogP contribution in [-0.4, -0.2) is 17.4 Å². The number of nitrogens with zero attached hydrogens (tertiary/aromatic N) is 1. The molecule has 1 heterocycles. The number of amides is 1. The molecule has 110 valence electrons. The summed E-state index contributed by atoms with van der Waals surface area (Å²) in [6.45, 7) is 2.77. The van der Waals surface area contributed by atoms with Crippen LogP contribution in [0.5, 0.6) is 0 Å². The smallest absolute Gasteiger partial charge is 0.224 e. The Bertz CT molecular complexity index is 388. The van der Waals surface area contributed by atoms with E-state index in [9.17, 15) is 4.79 Å². The first-order chi connectivity index (χ1) is 8.20. The van der Waals surface area contributed by atoms with Crippen molar-refractivity contribution in [2.24, 2.45) is 11.7 Å². The summed E-state index contributed by atoms with van der Waals surface area (Å²) in [5.74, 6) is -0.106. The van der Waals surface area contributed by atoms with Gasteiger partial charge in [-0.05, 0) is 25.7 Å². The third-order valence-electron chi connectivity index (χ3n) is 3.10. The fraction of sp³-hybridized carbons (Fsp3) is 0.667. The van der Waals surface area contributed by atoms with E-state index in [2.05, 4.69) is 10.3 Å². The molecule has 2 rings (SSSR count). The number of nitrogens with one attached hydrogen (secondary N) is 1. The maximum atomic E-state index is 11.6. The van der Waals surface area contributed by atoms with Crippen molar-refractivity contribution in [1.29, 1.82) is 0 Å². The second-order valence-corrected chi connectivity index (χ2v) is 5.71. The highest BCUT2D eigenvalue weighted by Gasteiger charge is 2.16. The Balaban J connectivity index is 0.00000162. The van der Waals surface area contributed by atoms with Gasteiger partial charge in [-0.1, -0.05) is 6.92 Å². The van der Waals surface area contributed by atoms with E-state index in [1.165, 1.54) is 23.4 Å². The van der Waals surface area contributed by atoms with Gasteiger partial charge in [-0.3, -0.25) is 4.79 Å². The fourth-order valence-electron chi connectivity index (χ4n) is 1.93. The Morgan fingerprint density at radius 3 is 2.74 bits per heavy atom. The quantitative estimate of drug-likeness (QED) is 0.890. The summed E-state index contributed by atoms with van der Waals surface area (Å²) in [5, 5.41) is 3.91. The fourth-order valence-corrected chi connectivity index (χ4v) is 3.02. The van der Waals surface area contributed by atoms with Crippen LogP contribution in [0.4, 0.5) is 0 Å². The molecule has 0 fully saturated rings. The topological polar surface area (TPSA) is 68.0 Å². The molecule has 0 radical (unpaired) electrons. The van der Waals surface area contributed by atoms with E-state index in [4.69, 9.17) is 5.73 Å². The first kappa shape index (κ1) is 18.6. The van der Waals surface area contributed by atoms with Crippen LogP contribution in [0.3, 0.4) is 0 Å². The number of hydrogen-bond acceptors (Lipinski definition) is 4. The van der Waals surface area contributed by atoms with Crippen LogP contribution in [0, 0.1) is 5.92 Å². The van der Waals surface area contributed by atoms with Crippen molar-refractivity contribution in [3.05, 3.63) is 15.6 Å². The van der Waals surface area contributed by atoms with E-state index in [1.54, 1.807) is 11.3 Å². The summed E-state index contributed by atoms with van der Waals surface area (Å²) < 4.78 is 0. The summed E-state index contributed by atoms with van der Waals surface area (Å²) in [7, 11) is 0. The molecule has 1 amide bonds. The highest BCUT2D eigenvalue weighted by molar-refractivity contribution is 7.11. The number of halogens is 2. The second-order valence-electron chi connectivity index (χ2n) is 4.54. The number of thiazole rings is 1. The van der Waals surface area contributed by atoms with Gasteiger partial charge in [0.1, 0.15) is 5.01 Å². The van der Waals surface area contributed by atoms with Crippen LogP contribution >= 0.6 is 36.2 Å². The molecule has 1 aliphatic rings. The lowest BCUT2D eigenvalue weighted by Gasteiger charge is -2.07. The average molecular weight is 326 g/mol. The molecule has 0 saturated heterocycles. The lowest BCUT2D eigenvalue weighted by Crippen LogP contribution is -2.32. The number of fused-ring (bicyclic) bond motifs is 1. The first-order valence-corrected chi connectivity index (χ1v) is 6.97. The highest BCUT2D eigenvalue weighted by Crippen LogP contribution is 2.26. The van der Waals surface area contributed by atoms with Crippen molar-refractivity contribution >= 4 is 42.1 Å². The van der Waals surface area contributed by atoms with Gasteiger partial charge in [0.2, 0.25) is 5.91 Å². The van der Waals surface area contributed by atoms with E-state index in [-0.39, 0.29) is 36.6 Å². The number of aromatic nitrogens is 1. The number of nitrogens with two attached hydrogens (primary N) is 1. The maximum absolute atomic E-state index is 11.6. The molecule has 1 unspecified atom stereocenters. The zero-order valence-corrected chi connectivity index (χ0v) is 13.4. The summed E-state index contributed by atoms with van der Waals surface area (Å²) in [4.78, 5) is 17.6. The van der Waals surface area contributed by atoms with Gasteiger partial charge >= 0.3 is 0 Å². The molecule has 0 aromatic carbocycles. The minimum atomic E-state index is -0.121. The molecule has 0 aliphatic heterocycles. The average Bonchev–Trinajstić information content (AvgIpc) is 2.77.